The molecule has 2 atom stereocenters. The van der Waals surface area contributed by atoms with E-state index in [1.807, 2.05) is 6.07 Å². The van der Waals surface area contributed by atoms with Crippen LogP contribution in [0.15, 0.2) is 12.4 Å². The van der Waals surface area contributed by atoms with E-state index in [0.29, 0.717) is 5.92 Å². The molecule has 0 radical (unpaired) electrons. The normalized spacial score (nSPS) is 25.1. The number of hydrogen-bond acceptors (Lipinski definition) is 4. The Balaban J connectivity index is 2.22. The van der Waals surface area contributed by atoms with E-state index in [2.05, 4.69) is 28.7 Å². The molecule has 4 heteroatoms. The molecule has 88 valence electrons. The number of aromatic nitrogens is 2. The zero-order valence-electron chi connectivity index (χ0n) is 9.93. The summed E-state index contributed by atoms with van der Waals surface area (Å²) in [5.41, 5.74) is 1.06. The molecule has 1 aromatic heterocycles. The van der Waals surface area contributed by atoms with E-state index in [1.54, 1.807) is 6.33 Å². The van der Waals surface area contributed by atoms with Crippen molar-refractivity contribution in [3.05, 3.63) is 18.1 Å². The molecule has 2 rings (SSSR count). The molecule has 4 nitrogen and oxygen atoms in total. The van der Waals surface area contributed by atoms with Crippen LogP contribution in [0.4, 0.5) is 5.82 Å². The van der Waals surface area contributed by atoms with Crippen molar-refractivity contribution in [2.45, 2.75) is 32.7 Å². The number of rotatable bonds is 3. The number of aryl methyl sites for hydroxylation is 1. The minimum Gasteiger partial charge on any atom is -0.394 e. The molecule has 0 saturated carbocycles. The van der Waals surface area contributed by atoms with Crippen molar-refractivity contribution in [2.24, 2.45) is 5.92 Å². The molecule has 1 saturated heterocycles. The van der Waals surface area contributed by atoms with E-state index in [1.165, 1.54) is 0 Å². The second-order valence-corrected chi connectivity index (χ2v) is 4.43. The van der Waals surface area contributed by atoms with Crippen molar-refractivity contribution in [2.75, 3.05) is 18.1 Å². The molecule has 1 N–H and O–H groups in total. The first-order valence-electron chi connectivity index (χ1n) is 5.94. The van der Waals surface area contributed by atoms with Gasteiger partial charge in [-0.25, -0.2) is 9.97 Å². The predicted molar refractivity (Wildman–Crippen MR) is 63.4 cm³/mol. The van der Waals surface area contributed by atoms with Gasteiger partial charge in [-0.15, -0.1) is 0 Å². The highest BCUT2D eigenvalue weighted by Gasteiger charge is 2.31. The van der Waals surface area contributed by atoms with Crippen LogP contribution in [0, 0.1) is 5.92 Å². The quantitative estimate of drug-likeness (QED) is 0.834. The van der Waals surface area contributed by atoms with E-state index in [9.17, 15) is 5.11 Å². The maximum absolute atomic E-state index is 9.41. The van der Waals surface area contributed by atoms with Gasteiger partial charge in [0.05, 0.1) is 12.6 Å². The maximum atomic E-state index is 9.41. The van der Waals surface area contributed by atoms with Crippen molar-refractivity contribution in [3.8, 4) is 0 Å². The van der Waals surface area contributed by atoms with Crippen molar-refractivity contribution >= 4 is 5.82 Å². The highest BCUT2D eigenvalue weighted by atomic mass is 16.3. The average Bonchev–Trinajstić information content (AvgIpc) is 2.70. The van der Waals surface area contributed by atoms with Crippen molar-refractivity contribution in [1.82, 2.24) is 9.97 Å². The minimum absolute atomic E-state index is 0.201. The van der Waals surface area contributed by atoms with E-state index >= 15 is 0 Å². The van der Waals surface area contributed by atoms with Gasteiger partial charge in [-0.2, -0.15) is 0 Å². The van der Waals surface area contributed by atoms with E-state index < -0.39 is 0 Å². The van der Waals surface area contributed by atoms with Gasteiger partial charge < -0.3 is 10.0 Å². The van der Waals surface area contributed by atoms with Crippen LogP contribution in [0.2, 0.25) is 0 Å². The van der Waals surface area contributed by atoms with E-state index in [4.69, 9.17) is 0 Å². The van der Waals surface area contributed by atoms with Crippen molar-refractivity contribution in [3.63, 3.8) is 0 Å². The van der Waals surface area contributed by atoms with Crippen LogP contribution < -0.4 is 4.90 Å². The Bertz CT molecular complexity index is 356. The Hall–Kier alpha value is -1.16. The van der Waals surface area contributed by atoms with Crippen LogP contribution in [0.1, 0.15) is 26.0 Å². The molecule has 0 aliphatic carbocycles. The third kappa shape index (κ3) is 2.02. The zero-order valence-corrected chi connectivity index (χ0v) is 9.93. The van der Waals surface area contributed by atoms with Gasteiger partial charge in [-0.1, -0.05) is 13.8 Å². The lowest BCUT2D eigenvalue weighted by Crippen LogP contribution is -2.35. The molecule has 1 aromatic rings. The largest absolute Gasteiger partial charge is 0.394 e. The molecule has 1 fully saturated rings. The fourth-order valence-corrected chi connectivity index (χ4v) is 2.31. The smallest absolute Gasteiger partial charge is 0.132 e. The van der Waals surface area contributed by atoms with E-state index in [0.717, 1.165) is 30.9 Å². The average molecular weight is 221 g/mol. The fourth-order valence-electron chi connectivity index (χ4n) is 2.31. The summed E-state index contributed by atoms with van der Waals surface area (Å²) in [6.07, 6.45) is 3.66. The molecule has 2 heterocycles. The summed E-state index contributed by atoms with van der Waals surface area (Å²) in [6.45, 7) is 5.45. The van der Waals surface area contributed by atoms with Crippen LogP contribution in [-0.4, -0.2) is 34.3 Å². The standard InChI is InChI=1S/C12H19N3O/c1-3-10-6-12(14-8-13-10)15-5-4-9(2)11(15)7-16/h6,8-9,11,16H,3-5,7H2,1-2H3. The first kappa shape index (κ1) is 11.3. The second-order valence-electron chi connectivity index (χ2n) is 4.43. The fraction of sp³-hybridized carbons (Fsp3) is 0.667. The SMILES string of the molecule is CCc1cc(N2CCC(C)C2CO)ncn1. The van der Waals surface area contributed by atoms with Crippen molar-refractivity contribution < 1.29 is 5.11 Å². The Morgan fingerprint density at radius 3 is 3.00 bits per heavy atom. The Morgan fingerprint density at radius 2 is 2.31 bits per heavy atom. The molecule has 2 unspecified atom stereocenters. The molecule has 0 amide bonds. The highest BCUT2D eigenvalue weighted by Crippen LogP contribution is 2.28. The molecular weight excluding hydrogens is 202 g/mol. The molecule has 0 aromatic carbocycles. The lowest BCUT2D eigenvalue weighted by molar-refractivity contribution is 0.244. The topological polar surface area (TPSA) is 49.2 Å². The first-order chi connectivity index (χ1) is 7.76. The van der Waals surface area contributed by atoms with Crippen LogP contribution in [-0.2, 0) is 6.42 Å². The van der Waals surface area contributed by atoms with Crippen LogP contribution in [0.25, 0.3) is 0 Å². The van der Waals surface area contributed by atoms with Gasteiger partial charge in [0.25, 0.3) is 0 Å². The van der Waals surface area contributed by atoms with Crippen LogP contribution in [0.5, 0.6) is 0 Å². The maximum Gasteiger partial charge on any atom is 0.132 e. The Kier molecular flexibility index (Phi) is 3.39. The van der Waals surface area contributed by atoms with Gasteiger partial charge in [0.2, 0.25) is 0 Å². The summed E-state index contributed by atoms with van der Waals surface area (Å²) in [6, 6.07) is 2.24. The molecule has 1 aliphatic rings. The van der Waals surface area contributed by atoms with Gasteiger partial charge in [0.1, 0.15) is 12.1 Å². The number of aliphatic hydroxyl groups excluding tert-OH is 1. The van der Waals surface area contributed by atoms with Gasteiger partial charge in [-0.3, -0.25) is 0 Å². The summed E-state index contributed by atoms with van der Waals surface area (Å²) < 4.78 is 0. The Labute approximate surface area is 96.3 Å². The van der Waals surface area contributed by atoms with Crippen LogP contribution in [0.3, 0.4) is 0 Å². The van der Waals surface area contributed by atoms with Gasteiger partial charge in [0.15, 0.2) is 0 Å². The second kappa shape index (κ2) is 4.78. The number of anilines is 1. The zero-order chi connectivity index (χ0) is 11.5. The molecule has 0 spiro atoms. The van der Waals surface area contributed by atoms with Gasteiger partial charge >= 0.3 is 0 Å². The van der Waals surface area contributed by atoms with Crippen LogP contribution >= 0.6 is 0 Å². The summed E-state index contributed by atoms with van der Waals surface area (Å²) in [7, 11) is 0. The minimum atomic E-state index is 0.201. The monoisotopic (exact) mass is 221 g/mol. The molecular formula is C12H19N3O. The molecule has 1 aliphatic heterocycles. The highest BCUT2D eigenvalue weighted by molar-refractivity contribution is 5.42. The lowest BCUT2D eigenvalue weighted by Gasteiger charge is -2.26. The summed E-state index contributed by atoms with van der Waals surface area (Å²) in [5.74, 6) is 1.49. The summed E-state index contributed by atoms with van der Waals surface area (Å²) >= 11 is 0. The third-order valence-electron chi connectivity index (χ3n) is 3.44. The molecule has 16 heavy (non-hydrogen) atoms. The van der Waals surface area contributed by atoms with Gasteiger partial charge in [-0.05, 0) is 18.8 Å². The third-order valence-corrected chi connectivity index (χ3v) is 3.44. The predicted octanol–water partition coefficient (Wildman–Crippen LogP) is 1.25. The summed E-state index contributed by atoms with van der Waals surface area (Å²) in [5, 5.41) is 9.41. The Morgan fingerprint density at radius 1 is 1.50 bits per heavy atom. The summed E-state index contributed by atoms with van der Waals surface area (Å²) in [4.78, 5) is 10.7. The first-order valence-corrected chi connectivity index (χ1v) is 5.94. The van der Waals surface area contributed by atoms with Gasteiger partial charge in [0, 0.05) is 18.3 Å². The number of nitrogens with zero attached hydrogens (tertiary/aromatic N) is 3. The lowest BCUT2D eigenvalue weighted by atomic mass is 10.0. The van der Waals surface area contributed by atoms with E-state index in [-0.39, 0.29) is 12.6 Å². The molecule has 0 bridgehead atoms. The number of aliphatic hydroxyl groups is 1. The number of hydrogen-bond donors (Lipinski definition) is 1. The van der Waals surface area contributed by atoms with Crippen molar-refractivity contribution in [1.29, 1.82) is 0 Å².